The van der Waals surface area contributed by atoms with E-state index in [1.807, 2.05) is 29.9 Å². The number of fused-ring (bicyclic) bond motifs is 2. The van der Waals surface area contributed by atoms with Crippen LogP contribution in [0, 0.1) is 11.8 Å². The fraction of sp³-hybridized carbons (Fsp3) is 0.429. The normalized spacial score (nSPS) is 16.2. The van der Waals surface area contributed by atoms with Crippen molar-refractivity contribution in [2.24, 2.45) is 18.9 Å². The first-order valence-electron chi connectivity index (χ1n) is 16.1. The predicted octanol–water partition coefficient (Wildman–Crippen LogP) is 6.33. The minimum absolute atomic E-state index is 0.0787. The molecule has 2 aromatic carbocycles. The third kappa shape index (κ3) is 7.99. The van der Waals surface area contributed by atoms with Gasteiger partial charge in [0, 0.05) is 85.9 Å². The number of Topliss-reactive ketones (excluding diaryl/α,β-unsaturated/α-hetero) is 2. The Morgan fingerprint density at radius 1 is 0.686 bits per heavy atom. The van der Waals surface area contributed by atoms with E-state index in [2.05, 4.69) is 4.98 Å². The van der Waals surface area contributed by atoms with Gasteiger partial charge in [0.2, 0.25) is 0 Å². The minimum atomic E-state index is -4.88. The summed E-state index contributed by atoms with van der Waals surface area (Å²) in [5.74, 6) is -4.00. The molecule has 0 bridgehead atoms. The second-order valence-corrected chi connectivity index (χ2v) is 12.5. The van der Waals surface area contributed by atoms with E-state index < -0.39 is 36.0 Å². The van der Waals surface area contributed by atoms with Crippen LogP contribution in [0.2, 0.25) is 0 Å². The zero-order valence-corrected chi connectivity index (χ0v) is 28.0. The lowest BCUT2D eigenvalue weighted by Gasteiger charge is -2.31. The third-order valence-corrected chi connectivity index (χ3v) is 9.40. The summed E-state index contributed by atoms with van der Waals surface area (Å²) in [7, 11) is 4.83. The number of piperidine rings is 2. The predicted molar refractivity (Wildman–Crippen MR) is 174 cm³/mol. The number of likely N-dealkylation sites (tertiary alicyclic amines) is 2. The number of amides is 2. The maximum atomic E-state index is 12.9. The molecule has 4 aromatic rings. The van der Waals surface area contributed by atoms with Crippen molar-refractivity contribution < 1.29 is 55.0 Å². The van der Waals surface area contributed by atoms with Crippen molar-refractivity contribution in [2.75, 3.05) is 40.4 Å². The molecule has 0 radical (unpaired) electrons. The molecule has 10 nitrogen and oxygen atoms in total. The highest BCUT2D eigenvalue weighted by atomic mass is 19.4. The number of methoxy groups -OCH3 is 2. The molecule has 0 aliphatic carbocycles. The van der Waals surface area contributed by atoms with Crippen LogP contribution >= 0.6 is 0 Å². The number of carbonyl (C=O) groups excluding carboxylic acids is 4. The Morgan fingerprint density at radius 3 is 1.59 bits per heavy atom. The summed E-state index contributed by atoms with van der Waals surface area (Å²) in [5, 5.41) is 1.75. The highest BCUT2D eigenvalue weighted by Gasteiger charge is 2.45. The summed E-state index contributed by atoms with van der Waals surface area (Å²) in [6.07, 6.45) is -5.31. The molecular weight excluding hydrogens is 686 g/mol. The summed E-state index contributed by atoms with van der Waals surface area (Å²) >= 11 is 0. The average Bonchev–Trinajstić information content (AvgIpc) is 3.74. The largest absolute Gasteiger partial charge is 0.496 e. The first-order chi connectivity index (χ1) is 24.0. The van der Waals surface area contributed by atoms with Crippen LogP contribution in [0.3, 0.4) is 0 Å². The Hall–Kier alpha value is -5.02. The first-order valence-corrected chi connectivity index (χ1v) is 16.1. The van der Waals surface area contributed by atoms with Crippen LogP contribution in [0.4, 0.5) is 26.3 Å². The highest BCUT2D eigenvalue weighted by molar-refractivity contribution is 6.05. The van der Waals surface area contributed by atoms with Crippen LogP contribution in [-0.2, 0) is 16.6 Å². The number of aryl methyl sites for hydroxylation is 1. The Morgan fingerprint density at radius 2 is 1.14 bits per heavy atom. The number of ether oxygens (including phenoxy) is 2. The Balaban J connectivity index is 0.000000198. The highest BCUT2D eigenvalue weighted by Crippen LogP contribution is 2.33. The molecule has 2 aromatic heterocycles. The lowest BCUT2D eigenvalue weighted by Crippen LogP contribution is -2.46. The molecule has 2 aliphatic heterocycles. The van der Waals surface area contributed by atoms with Gasteiger partial charge in [-0.3, -0.25) is 19.2 Å². The number of nitrogens with one attached hydrogen (secondary N) is 1. The number of nitrogens with zero attached hydrogens (tertiary/aromatic N) is 3. The van der Waals surface area contributed by atoms with E-state index in [4.69, 9.17) is 9.47 Å². The molecule has 2 amide bonds. The maximum absolute atomic E-state index is 12.9. The number of rotatable bonds is 6. The van der Waals surface area contributed by atoms with Gasteiger partial charge in [-0.25, -0.2) is 0 Å². The van der Waals surface area contributed by atoms with Crippen molar-refractivity contribution in [3.05, 3.63) is 59.9 Å². The van der Waals surface area contributed by atoms with Crippen molar-refractivity contribution in [1.29, 1.82) is 0 Å². The van der Waals surface area contributed by atoms with Gasteiger partial charge in [-0.15, -0.1) is 0 Å². The van der Waals surface area contributed by atoms with Crippen LogP contribution in [0.5, 0.6) is 11.5 Å². The Kier molecular flexibility index (Phi) is 10.7. The molecular formula is C35H36F6N4O6. The number of H-pyrrole nitrogens is 1. The minimum Gasteiger partial charge on any atom is -0.496 e. The van der Waals surface area contributed by atoms with Crippen LogP contribution in [-0.4, -0.2) is 95.5 Å². The smallest absolute Gasteiger partial charge is 0.471 e. The fourth-order valence-electron chi connectivity index (χ4n) is 6.59. The van der Waals surface area contributed by atoms with Gasteiger partial charge in [0.05, 0.1) is 30.9 Å². The molecule has 274 valence electrons. The topological polar surface area (TPSA) is 114 Å². The number of halogens is 6. The zero-order valence-electron chi connectivity index (χ0n) is 28.0. The van der Waals surface area contributed by atoms with Gasteiger partial charge in [-0.1, -0.05) is 0 Å². The van der Waals surface area contributed by atoms with E-state index in [9.17, 15) is 45.5 Å². The molecule has 0 atom stereocenters. The number of benzene rings is 2. The van der Waals surface area contributed by atoms with Crippen LogP contribution in [0.15, 0.2) is 48.8 Å². The van der Waals surface area contributed by atoms with Crippen molar-refractivity contribution in [3.63, 3.8) is 0 Å². The number of ketones is 2. The lowest BCUT2D eigenvalue weighted by atomic mass is 9.88. The molecule has 2 aliphatic rings. The summed E-state index contributed by atoms with van der Waals surface area (Å²) in [6, 6.07) is 10.7. The Labute approximate surface area is 288 Å². The summed E-state index contributed by atoms with van der Waals surface area (Å²) < 4.78 is 87.6. The van der Waals surface area contributed by atoms with E-state index in [1.54, 1.807) is 30.5 Å². The summed E-state index contributed by atoms with van der Waals surface area (Å²) in [4.78, 5) is 52.8. The molecule has 2 fully saturated rings. The number of carbonyl (C=O) groups is 4. The second-order valence-electron chi connectivity index (χ2n) is 12.5. The van der Waals surface area contributed by atoms with E-state index in [0.717, 1.165) is 31.6 Å². The fourth-order valence-corrected chi connectivity index (χ4v) is 6.59. The average molecular weight is 723 g/mol. The van der Waals surface area contributed by atoms with E-state index >= 15 is 0 Å². The molecule has 51 heavy (non-hydrogen) atoms. The monoisotopic (exact) mass is 722 g/mol. The number of hydrogen-bond acceptors (Lipinski definition) is 6. The van der Waals surface area contributed by atoms with Gasteiger partial charge in [-0.2, -0.15) is 26.3 Å². The summed E-state index contributed by atoms with van der Waals surface area (Å²) in [6.45, 7) is -0.317. The molecule has 0 saturated carbocycles. The number of hydrogen-bond donors (Lipinski definition) is 1. The van der Waals surface area contributed by atoms with Crippen LogP contribution in [0.1, 0.15) is 46.4 Å². The van der Waals surface area contributed by atoms with Gasteiger partial charge in [0.25, 0.3) is 0 Å². The van der Waals surface area contributed by atoms with Crippen molar-refractivity contribution in [3.8, 4) is 11.5 Å². The molecule has 16 heteroatoms. The molecule has 0 spiro atoms. The van der Waals surface area contributed by atoms with Gasteiger partial charge >= 0.3 is 24.2 Å². The van der Waals surface area contributed by atoms with Crippen LogP contribution in [0.25, 0.3) is 21.8 Å². The lowest BCUT2D eigenvalue weighted by molar-refractivity contribution is -0.186. The summed E-state index contributed by atoms with van der Waals surface area (Å²) in [5.41, 5.74) is 2.59. The number of aromatic amines is 1. The van der Waals surface area contributed by atoms with Gasteiger partial charge < -0.3 is 28.8 Å². The molecule has 0 unspecified atom stereocenters. The van der Waals surface area contributed by atoms with E-state index in [-0.39, 0.29) is 63.4 Å². The van der Waals surface area contributed by atoms with Crippen molar-refractivity contribution in [1.82, 2.24) is 19.4 Å². The quantitative estimate of drug-likeness (QED) is 0.184. The Bertz CT molecular complexity index is 1930. The van der Waals surface area contributed by atoms with Gasteiger partial charge in [0.15, 0.2) is 11.6 Å². The second kappa shape index (κ2) is 14.7. The van der Waals surface area contributed by atoms with Gasteiger partial charge in [-0.05, 0) is 49.9 Å². The van der Waals surface area contributed by atoms with Crippen molar-refractivity contribution >= 4 is 45.2 Å². The van der Waals surface area contributed by atoms with Crippen molar-refractivity contribution in [2.45, 2.75) is 38.0 Å². The third-order valence-electron chi connectivity index (χ3n) is 9.40. The standard InChI is InChI=1S/C18H19F3N2O3.C17H17F3N2O3/c1-22-6-3-12-9-13(15(26-2)10-14(12)22)16(24)11-4-7-23(8-5-11)17(25)18(19,20)21;1-25-14-9-13-11(2-5-21-13)8-12(14)15(23)10-3-6-22(7-4-10)16(24)17(18,19)20/h3,6,9-11H,4-5,7-8H2,1-2H3;2,5,8-10,21H,3-4,6-7H2,1H3. The molecule has 6 rings (SSSR count). The zero-order chi connectivity index (χ0) is 37.2. The van der Waals surface area contributed by atoms with Gasteiger partial charge in [0.1, 0.15) is 11.5 Å². The molecule has 4 heterocycles. The maximum Gasteiger partial charge on any atom is 0.471 e. The molecule has 1 N–H and O–H groups in total. The number of aromatic nitrogens is 2. The van der Waals surface area contributed by atoms with E-state index in [0.29, 0.717) is 22.6 Å². The van der Waals surface area contributed by atoms with E-state index in [1.165, 1.54) is 14.2 Å². The SMILES string of the molecule is COc1cc2[nH]ccc2cc1C(=O)C1CCN(C(=O)C(F)(F)F)CC1.COc1cc2c(ccn2C)cc1C(=O)C1CCN(C(=O)C(F)(F)F)CC1. The number of alkyl halides is 6. The van der Waals surface area contributed by atoms with Crippen LogP contribution < -0.4 is 9.47 Å². The first kappa shape index (κ1) is 37.2. The molecule has 2 saturated heterocycles.